The molecule has 0 spiro atoms. The van der Waals surface area contributed by atoms with Crippen LogP contribution in [0, 0.1) is 5.41 Å². The number of rotatable bonds is 4. The van der Waals surface area contributed by atoms with Gasteiger partial charge in [0, 0.05) is 12.9 Å². The van der Waals surface area contributed by atoms with Crippen molar-refractivity contribution in [2.24, 2.45) is 5.41 Å². The summed E-state index contributed by atoms with van der Waals surface area (Å²) in [4.78, 5) is 9.07. The Morgan fingerprint density at radius 1 is 1.07 bits per heavy atom. The summed E-state index contributed by atoms with van der Waals surface area (Å²) >= 11 is 2.92. The number of hydrogen-bond acceptors (Lipinski definition) is 7. The Morgan fingerprint density at radius 2 is 1.29 bits per heavy atom. The minimum Gasteiger partial charge on any atom is -0.449 e. The summed E-state index contributed by atoms with van der Waals surface area (Å²) in [5.41, 5.74) is -1.11. The normalized spacial score (nSPS) is 10.1. The number of hydrogen-bond donors (Lipinski definition) is 6. The van der Waals surface area contributed by atoms with Crippen molar-refractivity contribution < 1.29 is 34.5 Å². The third kappa shape index (κ3) is 6.92. The maximum atomic E-state index is 9.07. The van der Waals surface area contributed by atoms with Crippen LogP contribution >= 0.6 is 12.9 Å². The Kier molecular flexibility index (Phi) is 10.3. The lowest BCUT2D eigenvalue weighted by atomic mass is 9.93. The van der Waals surface area contributed by atoms with Gasteiger partial charge in [-0.2, -0.15) is 0 Å². The molecule has 0 saturated carbocycles. The van der Waals surface area contributed by atoms with E-state index in [0.717, 1.165) is 0 Å². The predicted molar refractivity (Wildman–Crippen MR) is 48.9 cm³/mol. The van der Waals surface area contributed by atoms with Crippen LogP contribution in [0.25, 0.3) is 0 Å². The molecule has 0 amide bonds. The van der Waals surface area contributed by atoms with Gasteiger partial charge in [-0.05, 0) is 0 Å². The molecule has 0 aliphatic heterocycles. The summed E-state index contributed by atoms with van der Waals surface area (Å²) in [6.07, 6.45) is -1.38. The second-order valence-corrected chi connectivity index (χ2v) is 2.67. The van der Waals surface area contributed by atoms with Crippen molar-refractivity contribution in [3.63, 3.8) is 0 Å². The van der Waals surface area contributed by atoms with Crippen molar-refractivity contribution in [1.29, 1.82) is 0 Å². The molecule has 0 atom stereocenters. The van der Waals surface area contributed by atoms with Gasteiger partial charge < -0.3 is 29.7 Å². The first kappa shape index (κ1) is 15.9. The summed E-state index contributed by atoms with van der Waals surface area (Å²) < 4.78 is 3.36. The highest BCUT2D eigenvalue weighted by atomic mass is 32.1. The highest BCUT2D eigenvalue weighted by Gasteiger charge is 2.26. The van der Waals surface area contributed by atoms with Gasteiger partial charge in [0.2, 0.25) is 0 Å². The van der Waals surface area contributed by atoms with Gasteiger partial charge in [-0.3, -0.25) is 0 Å². The first-order chi connectivity index (χ1) is 6.51. The Balaban J connectivity index is 0. The summed E-state index contributed by atoms with van der Waals surface area (Å²) in [5.74, 6) is 0. The highest BCUT2D eigenvalue weighted by Crippen LogP contribution is 2.11. The van der Waals surface area contributed by atoms with Crippen molar-refractivity contribution in [1.82, 2.24) is 0 Å². The maximum absolute atomic E-state index is 9.07. The van der Waals surface area contributed by atoms with Crippen molar-refractivity contribution in [2.45, 2.75) is 0 Å². The molecule has 7 nitrogen and oxygen atoms in total. The molecule has 0 bridgehead atoms. The second-order valence-electron chi connectivity index (χ2n) is 2.49. The number of carbonyl (C=O) groups is 1. The third-order valence-electron chi connectivity index (χ3n) is 1.42. The maximum Gasteiger partial charge on any atom is 0.518 e. The average molecular weight is 230 g/mol. The van der Waals surface area contributed by atoms with Crippen molar-refractivity contribution in [3.8, 4) is 0 Å². The predicted octanol–water partition coefficient (Wildman–Crippen LogP) is -1.53. The number of aliphatic hydroxyl groups is 4. The van der Waals surface area contributed by atoms with E-state index >= 15 is 0 Å². The molecule has 0 aliphatic rings. The van der Waals surface area contributed by atoms with Crippen LogP contribution in [0.5, 0.6) is 0 Å². The van der Waals surface area contributed by atoms with Gasteiger partial charge in [0.1, 0.15) is 0 Å². The fraction of sp³-hybridized carbons (Fsp3) is 0.833. The van der Waals surface area contributed by atoms with Crippen LogP contribution in [0.2, 0.25) is 0 Å². The van der Waals surface area contributed by atoms with E-state index < -0.39 is 38.0 Å². The fourth-order valence-electron chi connectivity index (χ4n) is 0.300. The van der Waals surface area contributed by atoms with E-state index in [1.165, 1.54) is 0 Å². The summed E-state index contributed by atoms with van der Waals surface area (Å²) in [7, 11) is 0. The molecule has 0 saturated heterocycles. The Hall–Kier alpha value is -0.540. The summed E-state index contributed by atoms with van der Waals surface area (Å²) in [6, 6.07) is 0. The molecule has 14 heavy (non-hydrogen) atoms. The van der Waals surface area contributed by atoms with Crippen LogP contribution in [0.4, 0.5) is 4.79 Å². The SMILES string of the molecule is O=C(O)OS.OCC(CO)(CO)CO. The third-order valence-corrected chi connectivity index (χ3v) is 1.58. The Morgan fingerprint density at radius 3 is 1.29 bits per heavy atom. The van der Waals surface area contributed by atoms with Gasteiger partial charge >= 0.3 is 6.16 Å². The minimum atomic E-state index is -1.38. The van der Waals surface area contributed by atoms with E-state index in [-0.39, 0.29) is 0 Å². The molecule has 86 valence electrons. The van der Waals surface area contributed by atoms with E-state index in [0.29, 0.717) is 0 Å². The first-order valence-corrected chi connectivity index (χ1v) is 3.86. The zero-order chi connectivity index (χ0) is 11.6. The van der Waals surface area contributed by atoms with E-state index in [1.54, 1.807) is 0 Å². The van der Waals surface area contributed by atoms with Gasteiger partial charge in [0.15, 0.2) is 0 Å². The molecule has 0 aromatic heterocycles. The molecule has 8 heteroatoms. The molecule has 0 aromatic carbocycles. The lowest BCUT2D eigenvalue weighted by Gasteiger charge is -2.23. The number of thiol groups is 1. The van der Waals surface area contributed by atoms with Gasteiger partial charge in [0.25, 0.3) is 0 Å². The fourth-order valence-corrected chi connectivity index (χ4v) is 0.300. The monoisotopic (exact) mass is 230 g/mol. The van der Waals surface area contributed by atoms with Gasteiger partial charge in [-0.15, -0.1) is 0 Å². The Labute approximate surface area is 86.2 Å². The van der Waals surface area contributed by atoms with E-state index in [4.69, 9.17) is 30.3 Å². The number of carboxylic acid groups (broad SMARTS) is 1. The molecule has 0 aromatic rings. The lowest BCUT2D eigenvalue weighted by molar-refractivity contribution is -0.0328. The van der Waals surface area contributed by atoms with E-state index in [1.807, 2.05) is 0 Å². The van der Waals surface area contributed by atoms with Crippen LogP contribution in [-0.4, -0.2) is 58.1 Å². The molecule has 0 heterocycles. The second kappa shape index (κ2) is 9.03. The molecule has 0 fully saturated rings. The molecular formula is C6H14O7S. The largest absolute Gasteiger partial charge is 0.518 e. The molecule has 0 unspecified atom stereocenters. The molecule has 0 radical (unpaired) electrons. The standard InChI is InChI=1S/C5H12O4.CH2O3S/c6-1-5(2-7,3-8)4-9;2-1(3)4-5/h6-9H,1-4H2;5H,(H,2,3). The summed E-state index contributed by atoms with van der Waals surface area (Å²) in [6.45, 7) is -1.62. The average Bonchev–Trinajstić information content (AvgIpc) is 2.23. The molecule has 0 rings (SSSR count). The van der Waals surface area contributed by atoms with Crippen molar-refractivity contribution in [3.05, 3.63) is 0 Å². The zero-order valence-electron chi connectivity index (χ0n) is 7.33. The van der Waals surface area contributed by atoms with Crippen molar-refractivity contribution in [2.75, 3.05) is 26.4 Å². The van der Waals surface area contributed by atoms with Crippen LogP contribution in [-0.2, 0) is 4.18 Å². The van der Waals surface area contributed by atoms with Gasteiger partial charge in [-0.25, -0.2) is 4.79 Å². The topological polar surface area (TPSA) is 127 Å². The van der Waals surface area contributed by atoms with E-state index in [9.17, 15) is 0 Å². The number of aliphatic hydroxyl groups excluding tert-OH is 4. The van der Waals surface area contributed by atoms with Crippen LogP contribution in [0.3, 0.4) is 0 Å². The van der Waals surface area contributed by atoms with Crippen LogP contribution in [0.15, 0.2) is 0 Å². The first-order valence-electron chi connectivity index (χ1n) is 3.49. The van der Waals surface area contributed by atoms with Gasteiger partial charge in [0.05, 0.1) is 31.8 Å². The Bertz CT molecular complexity index is 130. The van der Waals surface area contributed by atoms with Crippen LogP contribution in [0.1, 0.15) is 0 Å². The molecule has 0 aliphatic carbocycles. The van der Waals surface area contributed by atoms with Crippen molar-refractivity contribution >= 4 is 19.1 Å². The quantitative estimate of drug-likeness (QED) is 0.255. The smallest absolute Gasteiger partial charge is 0.449 e. The molecular weight excluding hydrogens is 216 g/mol. The van der Waals surface area contributed by atoms with Crippen LogP contribution < -0.4 is 0 Å². The lowest BCUT2D eigenvalue weighted by Crippen LogP contribution is -2.37. The zero-order valence-corrected chi connectivity index (χ0v) is 8.22. The van der Waals surface area contributed by atoms with E-state index in [2.05, 4.69) is 17.1 Å². The minimum absolute atomic E-state index is 0.406. The molecule has 5 N–H and O–H groups in total. The highest BCUT2D eigenvalue weighted by molar-refractivity contribution is 7.75. The van der Waals surface area contributed by atoms with Gasteiger partial charge in [-0.1, -0.05) is 0 Å². The summed E-state index contributed by atoms with van der Waals surface area (Å²) in [5, 5.41) is 41.4.